The minimum atomic E-state index is -0.638. The molecule has 0 saturated heterocycles. The number of amides is 1. The summed E-state index contributed by atoms with van der Waals surface area (Å²) in [6.07, 6.45) is 0.824. The summed E-state index contributed by atoms with van der Waals surface area (Å²) < 4.78 is 5.64. The molecule has 1 N–H and O–H groups in total. The van der Waals surface area contributed by atoms with Crippen LogP contribution >= 0.6 is 0 Å². The second kappa shape index (κ2) is 3.90. The number of hydrogen-bond donors (Lipinski definition) is 1. The molecule has 1 atom stereocenters. The van der Waals surface area contributed by atoms with Gasteiger partial charge in [-0.1, -0.05) is 36.4 Å². The smallest absolute Gasteiger partial charge is 0.286 e. The molecule has 0 fully saturated rings. The van der Waals surface area contributed by atoms with Crippen LogP contribution in [0.4, 0.5) is 0 Å². The zero-order chi connectivity index (χ0) is 11.7. The van der Waals surface area contributed by atoms with E-state index in [9.17, 15) is 4.79 Å². The summed E-state index contributed by atoms with van der Waals surface area (Å²) in [6, 6.07) is 13.6. The zero-order valence-corrected chi connectivity index (χ0v) is 8.96. The summed E-state index contributed by atoms with van der Waals surface area (Å²) in [5.41, 5.74) is 2.34. The van der Waals surface area contributed by atoms with E-state index in [0.29, 0.717) is 5.75 Å². The molecule has 0 aliphatic carbocycles. The van der Waals surface area contributed by atoms with E-state index < -0.39 is 6.10 Å². The van der Waals surface area contributed by atoms with Crippen molar-refractivity contribution >= 4 is 22.9 Å². The zero-order valence-electron chi connectivity index (χ0n) is 8.96. The Morgan fingerprint density at radius 1 is 1.12 bits per heavy atom. The number of rotatable bonds is 2. The molecule has 1 unspecified atom stereocenters. The third-order valence-electron chi connectivity index (χ3n) is 2.65. The van der Waals surface area contributed by atoms with E-state index in [4.69, 9.17) is 4.74 Å². The Morgan fingerprint density at radius 2 is 1.94 bits per heavy atom. The summed E-state index contributed by atoms with van der Waals surface area (Å²) in [4.78, 5) is 11.4. The molecule has 0 radical (unpaired) electrons. The van der Waals surface area contributed by atoms with Gasteiger partial charge in [0.25, 0.3) is 5.91 Å². The van der Waals surface area contributed by atoms with Gasteiger partial charge in [0.1, 0.15) is 5.75 Å². The number of hydrazone groups is 1. The van der Waals surface area contributed by atoms with Gasteiger partial charge in [-0.05, 0) is 11.5 Å². The van der Waals surface area contributed by atoms with Gasteiger partial charge in [0.2, 0.25) is 6.10 Å². The average Bonchev–Trinajstić information content (AvgIpc) is 2.76. The van der Waals surface area contributed by atoms with Gasteiger partial charge >= 0.3 is 0 Å². The normalized spacial score (nSPS) is 18.4. The van der Waals surface area contributed by atoms with Crippen LogP contribution in [0.3, 0.4) is 0 Å². The molecule has 0 spiro atoms. The number of hydrogen-bond acceptors (Lipinski definition) is 3. The first-order valence-corrected chi connectivity index (χ1v) is 5.32. The molecule has 1 heterocycles. The highest BCUT2D eigenvalue weighted by atomic mass is 16.5. The van der Waals surface area contributed by atoms with Crippen molar-refractivity contribution in [1.82, 2.24) is 5.43 Å². The van der Waals surface area contributed by atoms with Crippen molar-refractivity contribution < 1.29 is 9.53 Å². The molecule has 0 saturated carbocycles. The van der Waals surface area contributed by atoms with Crippen LogP contribution in [-0.2, 0) is 4.79 Å². The molecule has 3 rings (SSSR count). The van der Waals surface area contributed by atoms with E-state index in [0.717, 1.165) is 10.8 Å². The van der Waals surface area contributed by atoms with Gasteiger partial charge in [-0.15, -0.1) is 0 Å². The number of benzene rings is 2. The third-order valence-corrected chi connectivity index (χ3v) is 2.65. The van der Waals surface area contributed by atoms with Gasteiger partial charge in [-0.2, -0.15) is 5.10 Å². The summed E-state index contributed by atoms with van der Waals surface area (Å²) in [5.74, 6) is 0.453. The van der Waals surface area contributed by atoms with Crippen LogP contribution in [0.15, 0.2) is 47.6 Å². The Morgan fingerprint density at radius 3 is 2.76 bits per heavy atom. The first kappa shape index (κ1) is 9.84. The van der Waals surface area contributed by atoms with Crippen LogP contribution in [0.25, 0.3) is 10.8 Å². The number of ether oxygens (including phenoxy) is 1. The second-order valence-corrected chi connectivity index (χ2v) is 3.77. The summed E-state index contributed by atoms with van der Waals surface area (Å²) in [6.45, 7) is 0. The van der Waals surface area contributed by atoms with E-state index >= 15 is 0 Å². The van der Waals surface area contributed by atoms with Crippen LogP contribution < -0.4 is 10.2 Å². The molecule has 84 valence electrons. The van der Waals surface area contributed by atoms with Crippen LogP contribution in [0, 0.1) is 0 Å². The summed E-state index contributed by atoms with van der Waals surface area (Å²) >= 11 is 0. The van der Waals surface area contributed by atoms with E-state index in [-0.39, 0.29) is 5.91 Å². The maximum absolute atomic E-state index is 11.4. The second-order valence-electron chi connectivity index (χ2n) is 3.77. The maximum Gasteiger partial charge on any atom is 0.286 e. The van der Waals surface area contributed by atoms with E-state index in [1.165, 1.54) is 6.21 Å². The van der Waals surface area contributed by atoms with Crippen molar-refractivity contribution in [2.45, 2.75) is 6.10 Å². The molecular weight excluding hydrogens is 216 g/mol. The first-order valence-electron chi connectivity index (χ1n) is 5.32. The third kappa shape index (κ3) is 1.73. The topological polar surface area (TPSA) is 50.7 Å². The summed E-state index contributed by atoms with van der Waals surface area (Å²) in [5, 5.41) is 5.75. The molecule has 2 aromatic rings. The molecule has 17 heavy (non-hydrogen) atoms. The highest BCUT2D eigenvalue weighted by molar-refractivity contribution is 6.01. The highest BCUT2D eigenvalue weighted by Gasteiger charge is 2.22. The molecular formula is C13H10N2O2. The maximum atomic E-state index is 11.4. The predicted molar refractivity (Wildman–Crippen MR) is 65.0 cm³/mol. The van der Waals surface area contributed by atoms with Crippen LogP contribution in [0.1, 0.15) is 0 Å². The van der Waals surface area contributed by atoms with E-state index in [2.05, 4.69) is 10.5 Å². The fraction of sp³-hybridized carbons (Fsp3) is 0.0769. The van der Waals surface area contributed by atoms with Gasteiger partial charge in [0, 0.05) is 5.39 Å². The van der Waals surface area contributed by atoms with Crippen LogP contribution in [0.5, 0.6) is 5.75 Å². The number of nitrogens with zero attached hydrogens (tertiary/aromatic N) is 1. The highest BCUT2D eigenvalue weighted by Crippen LogP contribution is 2.26. The summed E-state index contributed by atoms with van der Waals surface area (Å²) in [7, 11) is 0. The van der Waals surface area contributed by atoms with E-state index in [1.54, 1.807) is 0 Å². The molecule has 1 aliphatic heterocycles. The number of nitrogens with one attached hydrogen (secondary N) is 1. The van der Waals surface area contributed by atoms with Crippen molar-refractivity contribution in [1.29, 1.82) is 0 Å². The van der Waals surface area contributed by atoms with Gasteiger partial charge in [-0.3, -0.25) is 4.79 Å². The predicted octanol–water partition coefficient (Wildman–Crippen LogP) is 1.70. The van der Waals surface area contributed by atoms with Crippen LogP contribution in [0.2, 0.25) is 0 Å². The van der Waals surface area contributed by atoms with Crippen molar-refractivity contribution in [3.8, 4) is 5.75 Å². The minimum absolute atomic E-state index is 0.238. The van der Waals surface area contributed by atoms with Crippen molar-refractivity contribution in [3.05, 3.63) is 42.5 Å². The minimum Gasteiger partial charge on any atom is -0.474 e. The quantitative estimate of drug-likeness (QED) is 0.847. The number of carbonyl (C=O) groups excluding carboxylic acids is 1. The Hall–Kier alpha value is -2.36. The average molecular weight is 226 g/mol. The largest absolute Gasteiger partial charge is 0.474 e. The lowest BCUT2D eigenvalue weighted by atomic mass is 10.1. The standard InChI is InChI=1S/C13H10N2O2/c16-13-12(8-14-15-13)17-11-7-3-5-9-4-1-2-6-10(9)11/h1-8,12H,(H,15,16). The van der Waals surface area contributed by atoms with Gasteiger partial charge in [0.05, 0.1) is 6.21 Å². The molecule has 0 bridgehead atoms. The van der Waals surface area contributed by atoms with Gasteiger partial charge < -0.3 is 4.74 Å². The lowest BCUT2D eigenvalue weighted by Crippen LogP contribution is -2.30. The van der Waals surface area contributed by atoms with Crippen LogP contribution in [-0.4, -0.2) is 18.2 Å². The van der Waals surface area contributed by atoms with E-state index in [1.807, 2.05) is 42.5 Å². The monoisotopic (exact) mass is 226 g/mol. The fourth-order valence-corrected chi connectivity index (χ4v) is 1.82. The molecule has 0 aromatic heterocycles. The molecule has 4 nitrogen and oxygen atoms in total. The fourth-order valence-electron chi connectivity index (χ4n) is 1.82. The molecule has 2 aromatic carbocycles. The Balaban J connectivity index is 2.00. The SMILES string of the molecule is O=C1NN=CC1Oc1cccc2ccccc12. The Labute approximate surface area is 97.9 Å². The Bertz CT molecular complexity index is 602. The molecule has 4 heteroatoms. The Kier molecular flexibility index (Phi) is 2.26. The lowest BCUT2D eigenvalue weighted by molar-refractivity contribution is -0.124. The van der Waals surface area contributed by atoms with Gasteiger partial charge in [0.15, 0.2) is 0 Å². The van der Waals surface area contributed by atoms with Crippen molar-refractivity contribution in [3.63, 3.8) is 0 Å². The molecule has 1 amide bonds. The first-order chi connectivity index (χ1) is 8.34. The molecule has 1 aliphatic rings. The lowest BCUT2D eigenvalue weighted by Gasteiger charge is -2.11. The van der Waals surface area contributed by atoms with Crippen molar-refractivity contribution in [2.75, 3.05) is 0 Å². The number of carbonyl (C=O) groups is 1. The number of fused-ring (bicyclic) bond motifs is 1. The van der Waals surface area contributed by atoms with Crippen molar-refractivity contribution in [2.24, 2.45) is 5.10 Å². The van der Waals surface area contributed by atoms with Gasteiger partial charge in [-0.25, -0.2) is 5.43 Å².